The molecule has 9 heteroatoms. The van der Waals surface area contributed by atoms with Crippen LogP contribution in [0.2, 0.25) is 0 Å². The van der Waals surface area contributed by atoms with Crippen molar-refractivity contribution in [1.82, 2.24) is 0 Å². The van der Waals surface area contributed by atoms with Crippen LogP contribution in [-0.2, 0) is 14.3 Å². The smallest absolute Gasteiger partial charge is 0.323 e. The summed E-state index contributed by atoms with van der Waals surface area (Å²) in [5.41, 5.74) is 5.51. The normalized spacial score (nSPS) is 17.1. The Morgan fingerprint density at radius 1 is 1.30 bits per heavy atom. The van der Waals surface area contributed by atoms with Crippen LogP contribution in [0.1, 0.15) is 6.42 Å². The van der Waals surface area contributed by atoms with Gasteiger partial charge in [0.15, 0.2) is 6.61 Å². The van der Waals surface area contributed by atoms with Crippen molar-refractivity contribution >= 4 is 23.5 Å². The number of hydrogen-bond donors (Lipinski definition) is 5. The minimum absolute atomic E-state index is 0.391. The number of aliphatic hydroxyl groups is 4. The van der Waals surface area contributed by atoms with Crippen LogP contribution in [0.5, 0.6) is 0 Å². The molecule has 0 aliphatic carbocycles. The van der Waals surface area contributed by atoms with E-state index in [1.807, 2.05) is 6.26 Å². The first-order valence-electron chi connectivity index (χ1n) is 5.94. The number of rotatable bonds is 10. The molecule has 0 spiro atoms. The van der Waals surface area contributed by atoms with Crippen molar-refractivity contribution < 1.29 is 34.8 Å². The lowest BCUT2D eigenvalue weighted by Gasteiger charge is -2.20. The third-order valence-corrected chi connectivity index (χ3v) is 3.17. The molecule has 0 aliphatic heterocycles. The molecule has 0 fully saturated rings. The third-order valence-electron chi connectivity index (χ3n) is 2.53. The van der Waals surface area contributed by atoms with Gasteiger partial charge in [0, 0.05) is 0 Å². The van der Waals surface area contributed by atoms with Crippen LogP contribution >= 0.6 is 11.8 Å². The van der Waals surface area contributed by atoms with Gasteiger partial charge in [-0.25, -0.2) is 0 Å². The molecular weight excluding hydrogens is 290 g/mol. The summed E-state index contributed by atoms with van der Waals surface area (Å²) in [4.78, 5) is 22.8. The maximum atomic E-state index is 11.4. The zero-order valence-corrected chi connectivity index (χ0v) is 12.0. The summed E-state index contributed by atoms with van der Waals surface area (Å²) < 4.78 is 4.61. The number of ketones is 1. The highest BCUT2D eigenvalue weighted by Gasteiger charge is 2.30. The van der Waals surface area contributed by atoms with Crippen molar-refractivity contribution in [3.05, 3.63) is 0 Å². The van der Waals surface area contributed by atoms with Gasteiger partial charge in [-0.3, -0.25) is 9.59 Å². The highest BCUT2D eigenvalue weighted by Crippen LogP contribution is 2.04. The number of Topliss-reactive ketones (excluding diaryl/α,β-unsaturated/α-hetero) is 1. The molecule has 0 aromatic rings. The fraction of sp³-hybridized carbons (Fsp3) is 0.818. The van der Waals surface area contributed by atoms with Crippen LogP contribution in [0.15, 0.2) is 0 Å². The van der Waals surface area contributed by atoms with Crippen LogP contribution in [0.25, 0.3) is 0 Å². The van der Waals surface area contributed by atoms with E-state index < -0.39 is 49.3 Å². The highest BCUT2D eigenvalue weighted by atomic mass is 32.2. The number of carbonyl (C=O) groups excluding carboxylic acids is 2. The number of esters is 1. The number of thioether (sulfide) groups is 1. The van der Waals surface area contributed by atoms with Crippen molar-refractivity contribution in [2.24, 2.45) is 5.73 Å². The number of carbonyl (C=O) groups is 2. The quantitative estimate of drug-likeness (QED) is 0.270. The Bertz CT molecular complexity index is 315. The molecule has 0 aliphatic rings. The Labute approximate surface area is 120 Å². The second-order valence-corrected chi connectivity index (χ2v) is 5.13. The Balaban J connectivity index is 4.18. The second-order valence-electron chi connectivity index (χ2n) is 4.15. The maximum Gasteiger partial charge on any atom is 0.323 e. The maximum absolute atomic E-state index is 11.4. The Morgan fingerprint density at radius 2 is 1.90 bits per heavy atom. The highest BCUT2D eigenvalue weighted by molar-refractivity contribution is 7.98. The first-order valence-corrected chi connectivity index (χ1v) is 7.33. The molecule has 0 amide bonds. The fourth-order valence-corrected chi connectivity index (χ4v) is 1.70. The zero-order valence-electron chi connectivity index (χ0n) is 11.1. The molecule has 4 atom stereocenters. The molecule has 0 heterocycles. The van der Waals surface area contributed by atoms with E-state index in [-0.39, 0.29) is 0 Å². The minimum Gasteiger partial charge on any atom is -0.456 e. The predicted molar refractivity (Wildman–Crippen MR) is 72.0 cm³/mol. The Hall–Kier alpha value is -0.710. The summed E-state index contributed by atoms with van der Waals surface area (Å²) >= 11 is 1.51. The molecule has 0 rings (SSSR count). The number of aliphatic hydroxyl groups excluding tert-OH is 4. The summed E-state index contributed by atoms with van der Waals surface area (Å²) in [7, 11) is 0. The Kier molecular flexibility index (Phi) is 9.72. The molecule has 118 valence electrons. The fourth-order valence-electron chi connectivity index (χ4n) is 1.21. The minimum atomic E-state index is -1.95. The van der Waals surface area contributed by atoms with Gasteiger partial charge >= 0.3 is 5.97 Å². The van der Waals surface area contributed by atoms with Crippen LogP contribution < -0.4 is 5.73 Å². The zero-order chi connectivity index (χ0) is 15.7. The van der Waals surface area contributed by atoms with Gasteiger partial charge in [0.05, 0.1) is 6.61 Å². The van der Waals surface area contributed by atoms with Crippen molar-refractivity contribution in [1.29, 1.82) is 0 Å². The summed E-state index contributed by atoms with van der Waals surface area (Å²) in [6.45, 7) is -1.58. The van der Waals surface area contributed by atoms with E-state index in [1.54, 1.807) is 0 Å². The van der Waals surface area contributed by atoms with E-state index in [0.717, 1.165) is 0 Å². The molecule has 0 saturated carbocycles. The van der Waals surface area contributed by atoms with Gasteiger partial charge in [-0.1, -0.05) is 0 Å². The van der Waals surface area contributed by atoms with Crippen LogP contribution in [0.4, 0.5) is 0 Å². The van der Waals surface area contributed by atoms with Gasteiger partial charge in [0.2, 0.25) is 5.78 Å². The lowest BCUT2D eigenvalue weighted by atomic mass is 10.1. The monoisotopic (exact) mass is 311 g/mol. The molecule has 8 nitrogen and oxygen atoms in total. The lowest BCUT2D eigenvalue weighted by Crippen LogP contribution is -2.45. The number of ether oxygens (including phenoxy) is 1. The summed E-state index contributed by atoms with van der Waals surface area (Å²) in [5.74, 6) is -1.11. The number of hydrogen-bond acceptors (Lipinski definition) is 9. The van der Waals surface area contributed by atoms with Crippen LogP contribution in [-0.4, -0.2) is 81.8 Å². The van der Waals surface area contributed by atoms with Crippen molar-refractivity contribution in [2.45, 2.75) is 30.8 Å². The molecular formula is C11H21NO7S. The van der Waals surface area contributed by atoms with Crippen molar-refractivity contribution in [3.63, 3.8) is 0 Å². The standard InChI is InChI=1S/C11H21NO7S/c1-20-3-2-6(12)11(18)19-5-8(15)10(17)9(16)7(14)4-13/h6-7,9-10,13-14,16-17H,2-5,12H2,1H3/t6-,7-,9-,10-/m1/s1. The van der Waals surface area contributed by atoms with Crippen LogP contribution in [0, 0.1) is 0 Å². The topological polar surface area (TPSA) is 150 Å². The molecule has 0 unspecified atom stereocenters. The van der Waals surface area contributed by atoms with E-state index >= 15 is 0 Å². The average Bonchev–Trinajstić information content (AvgIpc) is 2.46. The second kappa shape index (κ2) is 10.1. The van der Waals surface area contributed by atoms with Gasteiger partial charge < -0.3 is 30.9 Å². The van der Waals surface area contributed by atoms with Crippen molar-refractivity contribution in [3.8, 4) is 0 Å². The van der Waals surface area contributed by atoms with E-state index in [4.69, 9.17) is 15.9 Å². The predicted octanol–water partition coefficient (Wildman–Crippen LogP) is -2.75. The molecule has 0 radical (unpaired) electrons. The van der Waals surface area contributed by atoms with Crippen LogP contribution in [0.3, 0.4) is 0 Å². The van der Waals surface area contributed by atoms with E-state index in [1.165, 1.54) is 11.8 Å². The van der Waals surface area contributed by atoms with Gasteiger partial charge in [-0.2, -0.15) is 11.8 Å². The molecule has 0 aromatic heterocycles. The molecule has 0 saturated heterocycles. The van der Waals surface area contributed by atoms with Gasteiger partial charge in [0.1, 0.15) is 24.4 Å². The van der Waals surface area contributed by atoms with Gasteiger partial charge in [0.25, 0.3) is 0 Å². The van der Waals surface area contributed by atoms with E-state index in [9.17, 15) is 19.8 Å². The summed E-state index contributed by atoms with van der Waals surface area (Å²) in [5, 5.41) is 36.3. The molecule has 0 aromatic carbocycles. The van der Waals surface area contributed by atoms with Gasteiger partial charge in [-0.15, -0.1) is 0 Å². The van der Waals surface area contributed by atoms with Crippen molar-refractivity contribution in [2.75, 3.05) is 25.2 Å². The van der Waals surface area contributed by atoms with Gasteiger partial charge in [-0.05, 0) is 18.4 Å². The average molecular weight is 311 g/mol. The first-order chi connectivity index (χ1) is 9.34. The summed E-state index contributed by atoms with van der Waals surface area (Å²) in [6.07, 6.45) is -3.22. The largest absolute Gasteiger partial charge is 0.456 e. The Morgan fingerprint density at radius 3 is 2.40 bits per heavy atom. The first kappa shape index (κ1) is 19.3. The molecule has 0 bridgehead atoms. The van der Waals surface area contributed by atoms with E-state index in [0.29, 0.717) is 12.2 Å². The number of nitrogens with two attached hydrogens (primary N) is 1. The SMILES string of the molecule is CSCC[C@@H](N)C(=O)OCC(=O)[C@@H](O)[C@H](O)[C@H](O)CO. The van der Waals surface area contributed by atoms with E-state index in [2.05, 4.69) is 4.74 Å². The summed E-state index contributed by atoms with van der Waals surface area (Å²) in [6, 6.07) is -0.861. The molecule has 20 heavy (non-hydrogen) atoms. The third kappa shape index (κ3) is 6.64. The lowest BCUT2D eigenvalue weighted by molar-refractivity contribution is -0.156. The molecule has 6 N–H and O–H groups in total.